The van der Waals surface area contributed by atoms with Gasteiger partial charge in [0.25, 0.3) is 0 Å². The molecule has 104 valence electrons. The number of rotatable bonds is 0. The number of carbonyl (C=O) groups excluding carboxylic acids is 1. The van der Waals surface area contributed by atoms with E-state index in [4.69, 9.17) is 0 Å². The van der Waals surface area contributed by atoms with Crippen LogP contribution in [0.2, 0.25) is 0 Å². The number of hydrogen-bond donors (Lipinski definition) is 1. The molecule has 2 nitrogen and oxygen atoms in total. The molecular weight excluding hydrogens is 248 g/mol. The first-order valence-corrected chi connectivity index (χ1v) is 7.64. The molecule has 4 rings (SSSR count). The first-order valence-electron chi connectivity index (χ1n) is 7.64. The fourth-order valence-corrected chi connectivity index (χ4v) is 4.49. The van der Waals surface area contributed by atoms with E-state index in [0.717, 1.165) is 32.1 Å². The molecule has 1 fully saturated rings. The van der Waals surface area contributed by atoms with Gasteiger partial charge in [0, 0.05) is 18.3 Å². The van der Waals surface area contributed by atoms with Crippen molar-refractivity contribution >= 4 is 11.9 Å². The van der Waals surface area contributed by atoms with Crippen molar-refractivity contribution < 1.29 is 9.90 Å². The van der Waals surface area contributed by atoms with Crippen LogP contribution in [0, 0.1) is 5.41 Å². The SMILES string of the molecule is C[C@]12CCc3c(ccc4c3C=CC(O)C4)[C@@H]1CCC2=O. The third-order valence-electron chi connectivity index (χ3n) is 5.73. The Morgan fingerprint density at radius 3 is 3.00 bits per heavy atom. The van der Waals surface area contributed by atoms with Gasteiger partial charge in [-0.3, -0.25) is 4.79 Å². The summed E-state index contributed by atoms with van der Waals surface area (Å²) in [5.74, 6) is 0.862. The summed E-state index contributed by atoms with van der Waals surface area (Å²) in [4.78, 5) is 12.2. The molecule has 1 unspecified atom stereocenters. The predicted molar refractivity (Wildman–Crippen MR) is 78.6 cm³/mol. The summed E-state index contributed by atoms with van der Waals surface area (Å²) in [6, 6.07) is 4.39. The lowest BCUT2D eigenvalue weighted by molar-refractivity contribution is -0.126. The average molecular weight is 268 g/mol. The maximum Gasteiger partial charge on any atom is 0.139 e. The summed E-state index contributed by atoms with van der Waals surface area (Å²) in [5, 5.41) is 9.75. The van der Waals surface area contributed by atoms with Crippen LogP contribution in [-0.2, 0) is 17.6 Å². The van der Waals surface area contributed by atoms with E-state index in [-0.39, 0.29) is 11.5 Å². The minimum atomic E-state index is -0.345. The van der Waals surface area contributed by atoms with Crippen molar-refractivity contribution in [2.45, 2.75) is 51.0 Å². The van der Waals surface area contributed by atoms with Crippen molar-refractivity contribution in [1.82, 2.24) is 0 Å². The molecule has 0 amide bonds. The van der Waals surface area contributed by atoms with Gasteiger partial charge in [-0.1, -0.05) is 31.2 Å². The number of carbonyl (C=O) groups is 1. The topological polar surface area (TPSA) is 37.3 Å². The van der Waals surface area contributed by atoms with Crippen LogP contribution < -0.4 is 0 Å². The highest BCUT2D eigenvalue weighted by Crippen LogP contribution is 2.54. The van der Waals surface area contributed by atoms with Gasteiger partial charge in [-0.05, 0) is 47.4 Å². The molecule has 1 aromatic rings. The Morgan fingerprint density at radius 1 is 1.30 bits per heavy atom. The van der Waals surface area contributed by atoms with Crippen molar-refractivity contribution in [1.29, 1.82) is 0 Å². The molecule has 1 aromatic carbocycles. The van der Waals surface area contributed by atoms with Crippen LogP contribution in [0.15, 0.2) is 18.2 Å². The molecule has 0 spiro atoms. The summed E-state index contributed by atoms with van der Waals surface area (Å²) < 4.78 is 0. The maximum absolute atomic E-state index is 12.2. The highest BCUT2D eigenvalue weighted by Gasteiger charge is 2.49. The van der Waals surface area contributed by atoms with Gasteiger partial charge in [0.1, 0.15) is 5.78 Å². The molecule has 0 radical (unpaired) electrons. The van der Waals surface area contributed by atoms with E-state index in [0.29, 0.717) is 11.7 Å². The molecule has 3 aliphatic rings. The normalized spacial score (nSPS) is 34.6. The molecule has 1 N–H and O–H groups in total. The molecule has 0 aromatic heterocycles. The zero-order chi connectivity index (χ0) is 13.9. The van der Waals surface area contributed by atoms with E-state index in [2.05, 4.69) is 25.1 Å². The highest BCUT2D eigenvalue weighted by atomic mass is 16.3. The Hall–Kier alpha value is -1.41. The lowest BCUT2D eigenvalue weighted by atomic mass is 9.65. The first-order chi connectivity index (χ1) is 9.59. The van der Waals surface area contributed by atoms with E-state index in [9.17, 15) is 9.90 Å². The van der Waals surface area contributed by atoms with E-state index in [1.54, 1.807) is 0 Å². The molecule has 3 atom stereocenters. The molecule has 20 heavy (non-hydrogen) atoms. The zero-order valence-electron chi connectivity index (χ0n) is 11.9. The number of hydrogen-bond acceptors (Lipinski definition) is 2. The Labute approximate surface area is 119 Å². The minimum absolute atomic E-state index is 0.126. The van der Waals surface area contributed by atoms with Gasteiger partial charge in [-0.2, -0.15) is 0 Å². The molecule has 0 saturated heterocycles. The molecule has 1 saturated carbocycles. The molecule has 0 bridgehead atoms. The third kappa shape index (κ3) is 1.51. The quantitative estimate of drug-likeness (QED) is 0.785. The Bertz CT molecular complexity index is 629. The second-order valence-corrected chi connectivity index (χ2v) is 6.77. The maximum atomic E-state index is 12.2. The third-order valence-corrected chi connectivity index (χ3v) is 5.73. The molecule has 2 heteroatoms. The first kappa shape index (κ1) is 12.3. The summed E-state index contributed by atoms with van der Waals surface area (Å²) >= 11 is 0. The smallest absolute Gasteiger partial charge is 0.139 e. The fraction of sp³-hybridized carbons (Fsp3) is 0.500. The number of benzene rings is 1. The van der Waals surface area contributed by atoms with Gasteiger partial charge in [-0.15, -0.1) is 0 Å². The van der Waals surface area contributed by atoms with Crippen molar-refractivity contribution in [2.24, 2.45) is 5.41 Å². The van der Waals surface area contributed by atoms with Gasteiger partial charge < -0.3 is 5.11 Å². The van der Waals surface area contributed by atoms with Crippen LogP contribution >= 0.6 is 0 Å². The Balaban J connectivity index is 1.86. The van der Waals surface area contributed by atoms with Gasteiger partial charge in [-0.25, -0.2) is 0 Å². The molecular formula is C18H20O2. The Kier molecular flexibility index (Phi) is 2.50. The van der Waals surface area contributed by atoms with Crippen LogP contribution in [0.1, 0.15) is 54.4 Å². The van der Waals surface area contributed by atoms with E-state index < -0.39 is 0 Å². The Morgan fingerprint density at radius 2 is 2.15 bits per heavy atom. The molecule has 0 heterocycles. The van der Waals surface area contributed by atoms with Crippen LogP contribution in [0.25, 0.3) is 6.08 Å². The van der Waals surface area contributed by atoms with Crippen LogP contribution in [0.4, 0.5) is 0 Å². The van der Waals surface area contributed by atoms with E-state index in [1.807, 2.05) is 6.08 Å². The van der Waals surface area contributed by atoms with Crippen LogP contribution in [0.5, 0.6) is 0 Å². The van der Waals surface area contributed by atoms with Gasteiger partial charge in [0.2, 0.25) is 0 Å². The fourth-order valence-electron chi connectivity index (χ4n) is 4.49. The largest absolute Gasteiger partial charge is 0.389 e. The number of aliphatic hydroxyl groups excluding tert-OH is 1. The van der Waals surface area contributed by atoms with Crippen LogP contribution in [0.3, 0.4) is 0 Å². The lowest BCUT2D eigenvalue weighted by Gasteiger charge is -2.38. The van der Waals surface area contributed by atoms with Crippen molar-refractivity contribution in [3.8, 4) is 0 Å². The summed E-state index contributed by atoms with van der Waals surface area (Å²) in [6.07, 6.45) is 8.09. The standard InChI is InChI=1S/C18H20O2/c1-18-9-8-14-13-5-3-12(19)10-11(13)2-4-15(14)16(18)6-7-17(18)20/h2-5,12,16,19H,6-10H2,1H3/t12?,16-,18-/m0/s1. The van der Waals surface area contributed by atoms with E-state index in [1.165, 1.54) is 22.3 Å². The highest BCUT2D eigenvalue weighted by molar-refractivity contribution is 5.89. The van der Waals surface area contributed by atoms with E-state index >= 15 is 0 Å². The summed E-state index contributed by atoms with van der Waals surface area (Å²) in [7, 11) is 0. The van der Waals surface area contributed by atoms with Gasteiger partial charge >= 0.3 is 0 Å². The number of aliphatic hydroxyl groups is 1. The van der Waals surface area contributed by atoms with Crippen molar-refractivity contribution in [3.05, 3.63) is 40.5 Å². The van der Waals surface area contributed by atoms with Crippen molar-refractivity contribution in [2.75, 3.05) is 0 Å². The second-order valence-electron chi connectivity index (χ2n) is 6.77. The molecule has 3 aliphatic carbocycles. The van der Waals surface area contributed by atoms with Gasteiger partial charge in [0.05, 0.1) is 6.10 Å². The number of ketones is 1. The van der Waals surface area contributed by atoms with Crippen molar-refractivity contribution in [3.63, 3.8) is 0 Å². The number of fused-ring (bicyclic) bond motifs is 5. The lowest BCUT2D eigenvalue weighted by Crippen LogP contribution is -2.33. The minimum Gasteiger partial charge on any atom is -0.389 e. The average Bonchev–Trinajstić information content (AvgIpc) is 2.74. The molecule has 0 aliphatic heterocycles. The zero-order valence-corrected chi connectivity index (χ0v) is 11.9. The van der Waals surface area contributed by atoms with Gasteiger partial charge in [0.15, 0.2) is 0 Å². The predicted octanol–water partition coefficient (Wildman–Crippen LogP) is 3.02. The van der Waals surface area contributed by atoms with Crippen LogP contribution in [-0.4, -0.2) is 17.0 Å². The number of Topliss-reactive ketones (excluding diaryl/α,β-unsaturated/α-hetero) is 1. The second kappa shape index (κ2) is 4.05. The summed E-state index contributed by atoms with van der Waals surface area (Å²) in [6.45, 7) is 2.16. The summed E-state index contributed by atoms with van der Waals surface area (Å²) in [5.41, 5.74) is 5.27. The monoisotopic (exact) mass is 268 g/mol.